The van der Waals surface area contributed by atoms with Gasteiger partial charge in [-0.15, -0.1) is 0 Å². The molecular weight excluding hydrogens is 184 g/mol. The van der Waals surface area contributed by atoms with E-state index in [1.54, 1.807) is 13.8 Å². The highest BCUT2D eigenvalue weighted by molar-refractivity contribution is 5.87. The van der Waals surface area contributed by atoms with E-state index in [0.29, 0.717) is 25.4 Å². The van der Waals surface area contributed by atoms with Crippen molar-refractivity contribution < 1.29 is 19.0 Å². The molecule has 0 aliphatic carbocycles. The molecular formula is C10H18O4. The number of hydrogen-bond donors (Lipinski definition) is 0. The quantitative estimate of drug-likeness (QED) is 0.374. The van der Waals surface area contributed by atoms with Gasteiger partial charge in [0.1, 0.15) is 5.57 Å². The van der Waals surface area contributed by atoms with Crippen LogP contribution in [0.5, 0.6) is 0 Å². The Morgan fingerprint density at radius 2 is 1.36 bits per heavy atom. The van der Waals surface area contributed by atoms with Crippen molar-refractivity contribution in [3.05, 3.63) is 11.5 Å². The first kappa shape index (κ1) is 12.8. The third kappa shape index (κ3) is 4.16. The fourth-order valence-electron chi connectivity index (χ4n) is 0.843. The fraction of sp³-hybridized carbons (Fsp3) is 0.700. The van der Waals surface area contributed by atoms with Crippen LogP contribution in [0.15, 0.2) is 11.5 Å². The summed E-state index contributed by atoms with van der Waals surface area (Å²) in [5.41, 5.74) is 0.371. The van der Waals surface area contributed by atoms with Crippen LogP contribution in [0.1, 0.15) is 27.7 Å². The summed E-state index contributed by atoms with van der Waals surface area (Å²) in [5, 5.41) is 0. The molecule has 0 aromatic heterocycles. The molecule has 4 heteroatoms. The van der Waals surface area contributed by atoms with E-state index in [1.165, 1.54) is 0 Å². The van der Waals surface area contributed by atoms with Crippen LogP contribution >= 0.6 is 0 Å². The molecule has 0 fully saturated rings. The third-order valence-electron chi connectivity index (χ3n) is 1.44. The van der Waals surface area contributed by atoms with Crippen molar-refractivity contribution in [2.24, 2.45) is 0 Å². The topological polar surface area (TPSA) is 44.8 Å². The second kappa shape index (κ2) is 7.24. The lowest BCUT2D eigenvalue weighted by Gasteiger charge is -2.11. The largest absolute Gasteiger partial charge is 0.465 e. The van der Waals surface area contributed by atoms with Crippen molar-refractivity contribution in [2.75, 3.05) is 19.8 Å². The van der Waals surface area contributed by atoms with Crippen LogP contribution in [0.25, 0.3) is 0 Å². The Bertz CT molecular complexity index is 200. The smallest absolute Gasteiger partial charge is 0.340 e. The van der Waals surface area contributed by atoms with Crippen molar-refractivity contribution in [1.29, 1.82) is 0 Å². The number of ether oxygens (including phenoxy) is 3. The molecule has 0 atom stereocenters. The van der Waals surface area contributed by atoms with Gasteiger partial charge in [-0.1, -0.05) is 0 Å². The molecule has 0 saturated carbocycles. The molecule has 0 aromatic rings. The summed E-state index contributed by atoms with van der Waals surface area (Å²) in [6.45, 7) is 8.32. The van der Waals surface area contributed by atoms with E-state index in [2.05, 4.69) is 0 Å². The molecule has 0 rings (SSSR count). The van der Waals surface area contributed by atoms with E-state index in [1.807, 2.05) is 13.8 Å². The van der Waals surface area contributed by atoms with Crippen molar-refractivity contribution in [2.45, 2.75) is 27.7 Å². The lowest BCUT2D eigenvalue weighted by Crippen LogP contribution is -2.11. The minimum absolute atomic E-state index is 0.258. The first-order valence-corrected chi connectivity index (χ1v) is 4.80. The average Bonchev–Trinajstić information content (AvgIpc) is 2.17. The molecule has 0 aromatic carbocycles. The highest BCUT2D eigenvalue weighted by Crippen LogP contribution is 2.09. The summed E-state index contributed by atoms with van der Waals surface area (Å²) in [6.07, 6.45) is 0. The minimum atomic E-state index is -0.399. The Morgan fingerprint density at radius 3 is 1.71 bits per heavy atom. The van der Waals surface area contributed by atoms with Crippen LogP contribution in [0.4, 0.5) is 0 Å². The standard InChI is InChI=1S/C10H18O4/c1-5-12-9(11)8(4)10(13-6-2)14-7-3/h5-7H2,1-4H3. The number of carbonyl (C=O) groups is 1. The van der Waals surface area contributed by atoms with Gasteiger partial charge in [-0.3, -0.25) is 0 Å². The van der Waals surface area contributed by atoms with E-state index in [9.17, 15) is 4.79 Å². The van der Waals surface area contributed by atoms with Gasteiger partial charge in [-0.05, 0) is 27.7 Å². The monoisotopic (exact) mass is 202 g/mol. The van der Waals surface area contributed by atoms with Gasteiger partial charge >= 0.3 is 5.97 Å². The number of esters is 1. The summed E-state index contributed by atoms with van der Waals surface area (Å²) < 4.78 is 15.2. The molecule has 0 heterocycles. The van der Waals surface area contributed by atoms with E-state index in [-0.39, 0.29) is 5.95 Å². The summed E-state index contributed by atoms with van der Waals surface area (Å²) >= 11 is 0. The highest BCUT2D eigenvalue weighted by atomic mass is 16.7. The second-order valence-corrected chi connectivity index (χ2v) is 2.50. The van der Waals surface area contributed by atoms with Crippen LogP contribution in [0.2, 0.25) is 0 Å². The molecule has 0 unspecified atom stereocenters. The highest BCUT2D eigenvalue weighted by Gasteiger charge is 2.13. The summed E-state index contributed by atoms with van der Waals surface area (Å²) in [6, 6.07) is 0. The summed E-state index contributed by atoms with van der Waals surface area (Å²) in [5.74, 6) is -0.141. The van der Waals surface area contributed by atoms with Crippen molar-refractivity contribution in [1.82, 2.24) is 0 Å². The second-order valence-electron chi connectivity index (χ2n) is 2.50. The number of carbonyl (C=O) groups excluding carboxylic acids is 1. The zero-order valence-corrected chi connectivity index (χ0v) is 9.25. The fourth-order valence-corrected chi connectivity index (χ4v) is 0.843. The maximum atomic E-state index is 11.3. The minimum Gasteiger partial charge on any atom is -0.465 e. The molecule has 14 heavy (non-hydrogen) atoms. The van der Waals surface area contributed by atoms with E-state index < -0.39 is 5.97 Å². The van der Waals surface area contributed by atoms with Crippen LogP contribution < -0.4 is 0 Å². The molecule has 4 nitrogen and oxygen atoms in total. The van der Waals surface area contributed by atoms with Crippen molar-refractivity contribution >= 4 is 5.97 Å². The van der Waals surface area contributed by atoms with Gasteiger partial charge in [0, 0.05) is 0 Å². The van der Waals surface area contributed by atoms with Gasteiger partial charge in [0.15, 0.2) is 0 Å². The molecule has 0 bridgehead atoms. The zero-order valence-electron chi connectivity index (χ0n) is 9.25. The zero-order chi connectivity index (χ0) is 11.0. The van der Waals surface area contributed by atoms with Crippen LogP contribution in [-0.2, 0) is 19.0 Å². The molecule has 0 radical (unpaired) electrons. The van der Waals surface area contributed by atoms with Gasteiger partial charge in [-0.2, -0.15) is 0 Å². The van der Waals surface area contributed by atoms with E-state index in [4.69, 9.17) is 14.2 Å². The predicted octanol–water partition coefficient (Wildman–Crippen LogP) is 1.85. The van der Waals surface area contributed by atoms with Gasteiger partial charge in [0.2, 0.25) is 0 Å². The maximum Gasteiger partial charge on any atom is 0.340 e. The van der Waals surface area contributed by atoms with E-state index in [0.717, 1.165) is 0 Å². The van der Waals surface area contributed by atoms with Crippen molar-refractivity contribution in [3.63, 3.8) is 0 Å². The Labute approximate surface area is 84.8 Å². The number of hydrogen-bond acceptors (Lipinski definition) is 4. The van der Waals surface area contributed by atoms with Gasteiger partial charge in [-0.25, -0.2) is 4.79 Å². The first-order chi connectivity index (χ1) is 6.67. The van der Waals surface area contributed by atoms with Crippen LogP contribution in [-0.4, -0.2) is 25.8 Å². The van der Waals surface area contributed by atoms with E-state index >= 15 is 0 Å². The van der Waals surface area contributed by atoms with Gasteiger partial charge < -0.3 is 14.2 Å². The Morgan fingerprint density at radius 1 is 0.929 bits per heavy atom. The Balaban J connectivity index is 4.51. The molecule has 0 amide bonds. The number of rotatable bonds is 6. The third-order valence-corrected chi connectivity index (χ3v) is 1.44. The lowest BCUT2D eigenvalue weighted by molar-refractivity contribution is -0.139. The normalized spacial score (nSPS) is 9.14. The van der Waals surface area contributed by atoms with Gasteiger partial charge in [0.25, 0.3) is 5.95 Å². The van der Waals surface area contributed by atoms with Crippen LogP contribution in [0.3, 0.4) is 0 Å². The maximum absolute atomic E-state index is 11.3. The molecule has 0 aliphatic rings. The lowest BCUT2D eigenvalue weighted by atomic mass is 10.3. The summed E-state index contributed by atoms with van der Waals surface area (Å²) in [4.78, 5) is 11.3. The molecule has 0 saturated heterocycles. The Kier molecular flexibility index (Phi) is 6.62. The molecule has 0 spiro atoms. The molecule has 82 valence electrons. The van der Waals surface area contributed by atoms with Crippen molar-refractivity contribution in [3.8, 4) is 0 Å². The summed E-state index contributed by atoms with van der Waals surface area (Å²) in [7, 11) is 0. The van der Waals surface area contributed by atoms with Gasteiger partial charge in [0.05, 0.1) is 19.8 Å². The SMILES string of the molecule is CCOC(=O)C(C)=C(OCC)OCC. The van der Waals surface area contributed by atoms with Crippen LogP contribution in [0, 0.1) is 0 Å². The average molecular weight is 202 g/mol. The Hall–Kier alpha value is -1.19. The molecule has 0 aliphatic heterocycles. The molecule has 0 N–H and O–H groups in total. The predicted molar refractivity (Wildman–Crippen MR) is 52.6 cm³/mol. The first-order valence-electron chi connectivity index (χ1n) is 4.80.